The molecule has 1 saturated heterocycles. The fourth-order valence-electron chi connectivity index (χ4n) is 3.90. The maximum atomic E-state index is 9.32. The highest BCUT2D eigenvalue weighted by Gasteiger charge is 2.33. The van der Waals surface area contributed by atoms with Gasteiger partial charge < -0.3 is 19.5 Å². The normalized spacial score (nSPS) is 17.3. The van der Waals surface area contributed by atoms with Gasteiger partial charge in [0.25, 0.3) is 6.01 Å². The fraction of sp³-hybridized carbons (Fsp3) is 0.348. The topological polar surface area (TPSA) is 80.7 Å². The van der Waals surface area contributed by atoms with E-state index >= 15 is 0 Å². The number of nitrogens with one attached hydrogen (secondary N) is 1. The predicted molar refractivity (Wildman–Crippen MR) is 124 cm³/mol. The fourth-order valence-corrected chi connectivity index (χ4v) is 4.11. The van der Waals surface area contributed by atoms with Crippen LogP contribution in [0.4, 0.5) is 11.7 Å². The number of aliphatic imine (C=N–C) groups is 1. The number of rotatable bonds is 3. The van der Waals surface area contributed by atoms with Crippen molar-refractivity contribution in [2.45, 2.75) is 26.8 Å². The molecule has 1 fully saturated rings. The molecule has 1 unspecified atom stereocenters. The Labute approximate surface area is 186 Å². The van der Waals surface area contributed by atoms with Crippen molar-refractivity contribution in [2.75, 3.05) is 29.9 Å². The molecular formula is C23H25ClN6O. The largest absolute Gasteiger partial charge is 0.422 e. The summed E-state index contributed by atoms with van der Waals surface area (Å²) in [7, 11) is 0. The highest BCUT2D eigenvalue weighted by atomic mass is 35.5. The summed E-state index contributed by atoms with van der Waals surface area (Å²) in [5.41, 5.74) is 3.39. The second-order valence-corrected chi connectivity index (χ2v) is 8.42. The molecular weight excluding hydrogens is 412 g/mol. The van der Waals surface area contributed by atoms with Gasteiger partial charge in [-0.1, -0.05) is 49.7 Å². The Balaban J connectivity index is 1.59. The van der Waals surface area contributed by atoms with Gasteiger partial charge in [0.15, 0.2) is 5.58 Å². The third kappa shape index (κ3) is 4.30. The van der Waals surface area contributed by atoms with Gasteiger partial charge in [0, 0.05) is 25.3 Å². The van der Waals surface area contributed by atoms with E-state index in [4.69, 9.17) is 16.0 Å². The zero-order valence-corrected chi connectivity index (χ0v) is 18.6. The molecule has 1 N–H and O–H groups in total. The molecule has 3 aromatic rings. The minimum Gasteiger partial charge on any atom is -0.422 e. The molecule has 8 heteroatoms. The summed E-state index contributed by atoms with van der Waals surface area (Å²) in [6.07, 6.45) is 1.96. The Bertz CT molecular complexity index is 1150. The van der Waals surface area contributed by atoms with Crippen molar-refractivity contribution in [2.24, 2.45) is 10.9 Å². The van der Waals surface area contributed by atoms with Crippen LogP contribution in [0.3, 0.4) is 0 Å². The molecule has 0 bridgehead atoms. The number of hydrogen-bond donors (Lipinski definition) is 1. The van der Waals surface area contributed by atoms with Gasteiger partial charge >= 0.3 is 0 Å². The number of aromatic nitrogens is 1. The number of nitrogens with zero attached hydrogens (tertiary/aromatic N) is 5. The van der Waals surface area contributed by atoms with Crippen LogP contribution in [0, 0.1) is 24.3 Å². The van der Waals surface area contributed by atoms with Gasteiger partial charge in [0.1, 0.15) is 5.52 Å². The zero-order valence-electron chi connectivity index (χ0n) is 17.8. The second kappa shape index (κ2) is 8.86. The van der Waals surface area contributed by atoms with E-state index in [1.165, 1.54) is 0 Å². The molecule has 1 atom stereocenters. The lowest BCUT2D eigenvalue weighted by molar-refractivity contribution is 0.220. The number of para-hydroxylation sites is 2. The molecule has 2 aromatic carbocycles. The summed E-state index contributed by atoms with van der Waals surface area (Å²) in [6, 6.07) is 14.2. The minimum atomic E-state index is 0.114. The molecule has 1 aromatic heterocycles. The lowest BCUT2D eigenvalue weighted by Crippen LogP contribution is -2.58. The van der Waals surface area contributed by atoms with Crippen LogP contribution in [0.15, 0.2) is 51.9 Å². The molecule has 0 saturated carbocycles. The van der Waals surface area contributed by atoms with Crippen molar-refractivity contribution in [1.82, 2.24) is 9.88 Å². The first-order chi connectivity index (χ1) is 15.0. The molecule has 0 amide bonds. The zero-order chi connectivity index (χ0) is 22.0. The average Bonchev–Trinajstić information content (AvgIpc) is 3.20. The molecule has 2 heterocycles. The molecule has 31 heavy (non-hydrogen) atoms. The van der Waals surface area contributed by atoms with Crippen LogP contribution in [-0.4, -0.2) is 41.5 Å². The average molecular weight is 437 g/mol. The highest BCUT2D eigenvalue weighted by molar-refractivity contribution is 6.34. The lowest BCUT2D eigenvalue weighted by Gasteiger charge is -2.44. The van der Waals surface area contributed by atoms with Gasteiger partial charge in [-0.15, -0.1) is 4.99 Å². The number of hydrogen-bond acceptors (Lipinski definition) is 5. The van der Waals surface area contributed by atoms with Crippen molar-refractivity contribution < 1.29 is 4.42 Å². The number of piperazine rings is 1. The maximum Gasteiger partial charge on any atom is 0.298 e. The first-order valence-corrected chi connectivity index (χ1v) is 10.7. The van der Waals surface area contributed by atoms with E-state index in [9.17, 15) is 5.26 Å². The monoisotopic (exact) mass is 436 g/mol. The predicted octanol–water partition coefficient (Wildman–Crippen LogP) is 4.89. The molecule has 1 aliphatic heterocycles. The van der Waals surface area contributed by atoms with Crippen molar-refractivity contribution in [3.05, 3.63) is 53.1 Å². The van der Waals surface area contributed by atoms with Gasteiger partial charge in [-0.05, 0) is 36.6 Å². The minimum absolute atomic E-state index is 0.114. The van der Waals surface area contributed by atoms with Gasteiger partial charge in [-0.2, -0.15) is 10.2 Å². The second-order valence-electron chi connectivity index (χ2n) is 8.01. The Hall–Kier alpha value is -3.24. The summed E-state index contributed by atoms with van der Waals surface area (Å²) >= 11 is 6.26. The summed E-state index contributed by atoms with van der Waals surface area (Å²) in [5, 5.41) is 13.2. The number of benzene rings is 2. The third-order valence-corrected chi connectivity index (χ3v) is 5.93. The van der Waals surface area contributed by atoms with Crippen LogP contribution in [0.1, 0.15) is 19.4 Å². The summed E-state index contributed by atoms with van der Waals surface area (Å²) in [4.78, 5) is 13.1. The van der Waals surface area contributed by atoms with E-state index in [0.29, 0.717) is 48.1 Å². The van der Waals surface area contributed by atoms with E-state index in [-0.39, 0.29) is 6.04 Å². The molecule has 1 aliphatic rings. The number of guanidine groups is 1. The van der Waals surface area contributed by atoms with Crippen LogP contribution in [0.2, 0.25) is 5.02 Å². The Morgan fingerprint density at radius 1 is 1.26 bits per heavy atom. The van der Waals surface area contributed by atoms with Crippen molar-refractivity contribution in [3.8, 4) is 6.19 Å². The van der Waals surface area contributed by atoms with Crippen LogP contribution >= 0.6 is 11.6 Å². The first-order valence-electron chi connectivity index (χ1n) is 10.3. The van der Waals surface area contributed by atoms with E-state index < -0.39 is 0 Å². The van der Waals surface area contributed by atoms with E-state index in [2.05, 4.69) is 38.9 Å². The number of anilines is 2. The maximum absolute atomic E-state index is 9.32. The van der Waals surface area contributed by atoms with Crippen LogP contribution < -0.4 is 10.2 Å². The Morgan fingerprint density at radius 2 is 2.06 bits per heavy atom. The van der Waals surface area contributed by atoms with E-state index in [0.717, 1.165) is 16.8 Å². The molecule has 4 rings (SSSR count). The SMILES string of the molecule is Cc1ccccc1N/C(=N/C#N)N1CCN(c2nc3cccc(Cl)c3o2)CC1C(C)C. The third-order valence-electron chi connectivity index (χ3n) is 5.63. The number of aryl methyl sites for hydroxylation is 1. The molecule has 7 nitrogen and oxygen atoms in total. The van der Waals surface area contributed by atoms with Crippen molar-refractivity contribution >= 4 is 40.4 Å². The summed E-state index contributed by atoms with van der Waals surface area (Å²) in [5.74, 6) is 0.883. The van der Waals surface area contributed by atoms with E-state index in [1.807, 2.05) is 49.5 Å². The van der Waals surface area contributed by atoms with Crippen molar-refractivity contribution in [3.63, 3.8) is 0 Å². The van der Waals surface area contributed by atoms with Crippen LogP contribution in [0.5, 0.6) is 0 Å². The van der Waals surface area contributed by atoms with E-state index in [1.54, 1.807) is 6.07 Å². The smallest absolute Gasteiger partial charge is 0.298 e. The number of fused-ring (bicyclic) bond motifs is 1. The summed E-state index contributed by atoms with van der Waals surface area (Å²) < 4.78 is 5.99. The lowest BCUT2D eigenvalue weighted by atomic mass is 10.00. The molecule has 160 valence electrons. The number of oxazole rings is 1. The van der Waals surface area contributed by atoms with Crippen LogP contribution in [0.25, 0.3) is 11.1 Å². The Kier molecular flexibility index (Phi) is 6.01. The van der Waals surface area contributed by atoms with Crippen LogP contribution in [-0.2, 0) is 0 Å². The first kappa shape index (κ1) is 21.0. The van der Waals surface area contributed by atoms with Gasteiger partial charge in [-0.25, -0.2) is 0 Å². The Morgan fingerprint density at radius 3 is 2.77 bits per heavy atom. The number of halogens is 1. The standard InChI is InChI=1S/C23H25ClN6O/c1-15(2)20-13-29(23-28-19-10-6-8-17(24)21(19)31-23)11-12-30(20)22(26-14-25)27-18-9-5-4-7-16(18)3/h4-10,15,20H,11-13H2,1-3H3,(H,26,27). The number of nitriles is 1. The molecule has 0 radical (unpaired) electrons. The molecule has 0 aliphatic carbocycles. The van der Waals surface area contributed by atoms with Crippen molar-refractivity contribution in [1.29, 1.82) is 5.26 Å². The van der Waals surface area contributed by atoms with Gasteiger partial charge in [-0.3, -0.25) is 0 Å². The summed E-state index contributed by atoms with van der Waals surface area (Å²) in [6.45, 7) is 8.43. The highest BCUT2D eigenvalue weighted by Crippen LogP contribution is 2.30. The van der Waals surface area contributed by atoms with Gasteiger partial charge in [0.2, 0.25) is 12.2 Å². The molecule has 0 spiro atoms. The quantitative estimate of drug-likeness (QED) is 0.358. The van der Waals surface area contributed by atoms with Gasteiger partial charge in [0.05, 0.1) is 11.1 Å².